The van der Waals surface area contributed by atoms with E-state index in [0.29, 0.717) is 18.7 Å². The Bertz CT molecular complexity index is 1150. The Hall–Kier alpha value is -2.71. The Morgan fingerprint density at radius 1 is 1.14 bits per heavy atom. The first-order valence-electron chi connectivity index (χ1n) is 13.0. The molecule has 1 saturated carbocycles. The SMILES string of the molecule is COC[C@@]1(O)CCCC[C@@H]1n1cnc(C(=O)N2CCNC[C@H]2Cc2ccccc2)c1-c1ccccc1.Cl. The molecule has 2 aliphatic rings. The van der Waals surface area contributed by atoms with Crippen molar-refractivity contribution in [2.75, 3.05) is 33.4 Å². The number of rotatable bonds is 7. The highest BCUT2D eigenvalue weighted by Crippen LogP contribution is 2.41. The number of halogens is 1. The Labute approximate surface area is 225 Å². The van der Waals surface area contributed by atoms with Crippen molar-refractivity contribution >= 4 is 18.3 Å². The topological polar surface area (TPSA) is 79.6 Å². The molecular weight excluding hydrogens is 488 g/mol. The number of carbonyl (C=O) groups excluding carboxylic acids is 1. The molecule has 1 aromatic heterocycles. The van der Waals surface area contributed by atoms with Gasteiger partial charge in [-0.05, 0) is 24.8 Å². The van der Waals surface area contributed by atoms with E-state index in [1.165, 1.54) is 5.56 Å². The monoisotopic (exact) mass is 524 g/mol. The molecule has 198 valence electrons. The maximum atomic E-state index is 14.1. The van der Waals surface area contributed by atoms with Gasteiger partial charge in [-0.15, -0.1) is 12.4 Å². The van der Waals surface area contributed by atoms with E-state index in [0.717, 1.165) is 50.0 Å². The molecule has 0 spiro atoms. The summed E-state index contributed by atoms with van der Waals surface area (Å²) < 4.78 is 7.47. The summed E-state index contributed by atoms with van der Waals surface area (Å²) >= 11 is 0. The summed E-state index contributed by atoms with van der Waals surface area (Å²) in [5.41, 5.74) is 2.37. The van der Waals surface area contributed by atoms with Gasteiger partial charge in [-0.3, -0.25) is 4.79 Å². The summed E-state index contributed by atoms with van der Waals surface area (Å²) in [6.45, 7) is 2.39. The molecule has 7 nitrogen and oxygen atoms in total. The first-order chi connectivity index (χ1) is 17.6. The van der Waals surface area contributed by atoms with Crippen LogP contribution in [0.15, 0.2) is 67.0 Å². The number of hydrogen-bond donors (Lipinski definition) is 2. The molecule has 1 aliphatic carbocycles. The number of piperazine rings is 1. The largest absolute Gasteiger partial charge is 0.385 e. The van der Waals surface area contributed by atoms with Gasteiger partial charge in [-0.25, -0.2) is 4.98 Å². The molecule has 3 atom stereocenters. The summed E-state index contributed by atoms with van der Waals surface area (Å²) in [5, 5.41) is 15.0. The summed E-state index contributed by atoms with van der Waals surface area (Å²) in [7, 11) is 1.63. The van der Waals surface area contributed by atoms with E-state index < -0.39 is 5.60 Å². The van der Waals surface area contributed by atoms with Gasteiger partial charge in [0.15, 0.2) is 5.69 Å². The van der Waals surface area contributed by atoms with E-state index in [2.05, 4.69) is 17.4 Å². The number of hydrogen-bond acceptors (Lipinski definition) is 5. The molecule has 3 aromatic rings. The number of amides is 1. The number of aromatic nitrogens is 2. The molecule has 0 unspecified atom stereocenters. The Kier molecular flexibility index (Phi) is 9.03. The van der Waals surface area contributed by atoms with Crippen LogP contribution in [0.4, 0.5) is 0 Å². The molecule has 0 radical (unpaired) electrons. The van der Waals surface area contributed by atoms with Crippen molar-refractivity contribution in [3.8, 4) is 11.3 Å². The van der Waals surface area contributed by atoms with Crippen molar-refractivity contribution in [3.63, 3.8) is 0 Å². The third-order valence-corrected chi connectivity index (χ3v) is 7.66. The molecule has 1 amide bonds. The van der Waals surface area contributed by atoms with E-state index in [1.807, 2.05) is 58.0 Å². The van der Waals surface area contributed by atoms with Gasteiger partial charge in [0, 0.05) is 38.3 Å². The average molecular weight is 525 g/mol. The van der Waals surface area contributed by atoms with E-state index in [-0.39, 0.29) is 37.0 Å². The van der Waals surface area contributed by atoms with Crippen molar-refractivity contribution in [2.24, 2.45) is 0 Å². The number of methoxy groups -OCH3 is 1. The third kappa shape index (κ3) is 5.75. The number of nitrogens with one attached hydrogen (secondary N) is 1. The number of aliphatic hydroxyl groups is 1. The van der Waals surface area contributed by atoms with Crippen LogP contribution in [0.25, 0.3) is 11.3 Å². The quantitative estimate of drug-likeness (QED) is 0.486. The van der Waals surface area contributed by atoms with Crippen LogP contribution in [0.1, 0.15) is 47.8 Å². The second kappa shape index (κ2) is 12.2. The van der Waals surface area contributed by atoms with Gasteiger partial charge in [0.05, 0.1) is 24.7 Å². The van der Waals surface area contributed by atoms with Crippen molar-refractivity contribution in [2.45, 2.75) is 49.8 Å². The van der Waals surface area contributed by atoms with Gasteiger partial charge >= 0.3 is 0 Å². The minimum atomic E-state index is -0.998. The normalized spacial score (nSPS) is 23.9. The van der Waals surface area contributed by atoms with Crippen LogP contribution < -0.4 is 5.32 Å². The molecule has 1 aliphatic heterocycles. The summed E-state index contributed by atoms with van der Waals surface area (Å²) in [4.78, 5) is 20.8. The van der Waals surface area contributed by atoms with E-state index in [1.54, 1.807) is 13.4 Å². The van der Waals surface area contributed by atoms with Crippen LogP contribution in [0.5, 0.6) is 0 Å². The molecule has 2 heterocycles. The maximum Gasteiger partial charge on any atom is 0.275 e. The molecule has 2 aromatic carbocycles. The summed E-state index contributed by atoms with van der Waals surface area (Å²) in [6.07, 6.45) is 5.99. The molecule has 8 heteroatoms. The van der Waals surface area contributed by atoms with Gasteiger partial charge in [0.25, 0.3) is 5.91 Å². The van der Waals surface area contributed by atoms with Crippen molar-refractivity contribution in [3.05, 3.63) is 78.2 Å². The zero-order valence-corrected chi connectivity index (χ0v) is 22.2. The lowest BCUT2D eigenvalue weighted by Gasteiger charge is -2.41. The average Bonchev–Trinajstić information content (AvgIpc) is 3.35. The van der Waals surface area contributed by atoms with E-state index in [4.69, 9.17) is 9.72 Å². The van der Waals surface area contributed by atoms with Crippen molar-refractivity contribution in [1.82, 2.24) is 19.8 Å². The van der Waals surface area contributed by atoms with Gasteiger partial charge in [0.1, 0.15) is 5.60 Å². The van der Waals surface area contributed by atoms with Gasteiger partial charge in [-0.2, -0.15) is 0 Å². The molecule has 1 saturated heterocycles. The fourth-order valence-corrected chi connectivity index (χ4v) is 5.89. The first kappa shape index (κ1) is 27.3. The number of ether oxygens (including phenoxy) is 1. The lowest BCUT2D eigenvalue weighted by molar-refractivity contribution is -0.0893. The number of carbonyl (C=O) groups is 1. The third-order valence-electron chi connectivity index (χ3n) is 7.66. The zero-order chi connectivity index (χ0) is 25.0. The van der Waals surface area contributed by atoms with Crippen LogP contribution in [0, 0.1) is 0 Å². The summed E-state index contributed by atoms with van der Waals surface area (Å²) in [6, 6.07) is 20.1. The minimum absolute atomic E-state index is 0. The van der Waals surface area contributed by atoms with Gasteiger partial charge < -0.3 is 24.6 Å². The molecule has 2 fully saturated rings. The molecule has 37 heavy (non-hydrogen) atoms. The fraction of sp³-hybridized carbons (Fsp3) is 0.448. The van der Waals surface area contributed by atoms with E-state index >= 15 is 0 Å². The van der Waals surface area contributed by atoms with Crippen molar-refractivity contribution < 1.29 is 14.6 Å². The van der Waals surface area contributed by atoms with Crippen LogP contribution in [-0.4, -0.2) is 70.5 Å². The molecule has 5 rings (SSSR count). The van der Waals surface area contributed by atoms with E-state index in [9.17, 15) is 9.90 Å². The van der Waals surface area contributed by atoms with Crippen LogP contribution in [0.3, 0.4) is 0 Å². The maximum absolute atomic E-state index is 14.1. The zero-order valence-electron chi connectivity index (χ0n) is 21.4. The minimum Gasteiger partial charge on any atom is -0.385 e. The second-order valence-corrected chi connectivity index (χ2v) is 10.1. The lowest BCUT2D eigenvalue weighted by Crippen LogP contribution is -2.54. The second-order valence-electron chi connectivity index (χ2n) is 10.1. The van der Waals surface area contributed by atoms with Crippen LogP contribution in [0.2, 0.25) is 0 Å². The molecular formula is C29H37ClN4O3. The highest BCUT2D eigenvalue weighted by Gasteiger charge is 2.42. The smallest absolute Gasteiger partial charge is 0.275 e. The van der Waals surface area contributed by atoms with Gasteiger partial charge in [-0.1, -0.05) is 73.5 Å². The standard InChI is InChI=1S/C29H36N4O3.ClH/c1-36-20-29(35)15-9-8-14-25(29)33-21-31-26(27(33)23-12-6-3-7-13-23)28(34)32-17-16-30-19-24(32)18-22-10-4-2-5-11-22;/h2-7,10-13,21,24-25,30,35H,8-9,14-20H2,1H3;1H/t24-,25+,29+;/m1./s1. The predicted molar refractivity (Wildman–Crippen MR) is 147 cm³/mol. The predicted octanol–water partition coefficient (Wildman–Crippen LogP) is 4.12. The Morgan fingerprint density at radius 3 is 2.59 bits per heavy atom. The number of benzene rings is 2. The number of imidazole rings is 1. The Balaban J connectivity index is 0.00000320. The Morgan fingerprint density at radius 2 is 1.86 bits per heavy atom. The van der Waals surface area contributed by atoms with Crippen molar-refractivity contribution in [1.29, 1.82) is 0 Å². The highest BCUT2D eigenvalue weighted by molar-refractivity contribution is 5.98. The fourth-order valence-electron chi connectivity index (χ4n) is 5.89. The lowest BCUT2D eigenvalue weighted by atomic mass is 9.80. The van der Waals surface area contributed by atoms with Crippen LogP contribution >= 0.6 is 12.4 Å². The summed E-state index contributed by atoms with van der Waals surface area (Å²) in [5.74, 6) is -0.0545. The van der Waals surface area contributed by atoms with Crippen LogP contribution in [-0.2, 0) is 11.2 Å². The first-order valence-corrected chi connectivity index (χ1v) is 13.0. The van der Waals surface area contributed by atoms with Gasteiger partial charge in [0.2, 0.25) is 0 Å². The molecule has 0 bridgehead atoms. The highest BCUT2D eigenvalue weighted by atomic mass is 35.5. The number of nitrogens with zero attached hydrogens (tertiary/aromatic N) is 3. The molecule has 2 N–H and O–H groups in total.